The quantitative estimate of drug-likeness (QED) is 0.538. The molecule has 0 saturated carbocycles. The summed E-state index contributed by atoms with van der Waals surface area (Å²) < 4.78 is 10.6. The Hall–Kier alpha value is -0.160. The maximum absolute atomic E-state index is 8.66. The van der Waals surface area contributed by atoms with Gasteiger partial charge < -0.3 is 19.7 Å². The summed E-state index contributed by atoms with van der Waals surface area (Å²) >= 11 is 0. The molecule has 2 atom stereocenters. The van der Waals surface area contributed by atoms with E-state index in [0.717, 1.165) is 0 Å². The molecule has 0 aromatic heterocycles. The summed E-state index contributed by atoms with van der Waals surface area (Å²) in [7, 11) is 0. The number of rotatable bonds is 8. The molecule has 0 aromatic carbocycles. The van der Waals surface area contributed by atoms with Gasteiger partial charge in [0, 0.05) is 13.2 Å². The normalized spacial score (nSPS) is 15.7. The maximum atomic E-state index is 8.66. The molecule has 80 valence electrons. The molecule has 4 heteroatoms. The predicted molar refractivity (Wildman–Crippen MR) is 49.6 cm³/mol. The lowest BCUT2D eigenvalue weighted by atomic mass is 10.4. The van der Waals surface area contributed by atoms with Crippen LogP contribution in [0.1, 0.15) is 20.3 Å². The Bertz CT molecular complexity index is 108. The van der Waals surface area contributed by atoms with Gasteiger partial charge in [-0.3, -0.25) is 0 Å². The minimum atomic E-state index is -0.135. The first-order valence-electron chi connectivity index (χ1n) is 4.65. The fraction of sp³-hybridized carbons (Fsp3) is 1.00. The van der Waals surface area contributed by atoms with Crippen molar-refractivity contribution >= 4 is 0 Å². The molecule has 0 aliphatic heterocycles. The van der Waals surface area contributed by atoms with Crippen LogP contribution in [0.2, 0.25) is 0 Å². The van der Waals surface area contributed by atoms with Crippen LogP contribution in [0.3, 0.4) is 0 Å². The molecule has 0 saturated heterocycles. The molecule has 0 bridgehead atoms. The van der Waals surface area contributed by atoms with Gasteiger partial charge >= 0.3 is 0 Å². The van der Waals surface area contributed by atoms with Crippen molar-refractivity contribution < 1.29 is 19.7 Å². The number of aliphatic hydroxyl groups excluding tert-OH is 2. The van der Waals surface area contributed by atoms with Gasteiger partial charge in [-0.1, -0.05) is 0 Å². The van der Waals surface area contributed by atoms with Gasteiger partial charge in [0.1, 0.15) is 0 Å². The Kier molecular flexibility index (Phi) is 8.33. The predicted octanol–water partition coefficient (Wildman–Crippen LogP) is 0.171. The third-order valence-corrected chi connectivity index (χ3v) is 1.58. The van der Waals surface area contributed by atoms with Crippen LogP contribution in [0.25, 0.3) is 0 Å². The monoisotopic (exact) mass is 192 g/mol. The van der Waals surface area contributed by atoms with Crippen molar-refractivity contribution in [2.75, 3.05) is 26.4 Å². The van der Waals surface area contributed by atoms with E-state index in [2.05, 4.69) is 0 Å². The largest absolute Gasteiger partial charge is 0.396 e. The molecule has 0 spiro atoms. The van der Waals surface area contributed by atoms with Crippen LogP contribution < -0.4 is 0 Å². The molecular formula is C9H20O4. The second-order valence-corrected chi connectivity index (χ2v) is 3.09. The molecule has 2 unspecified atom stereocenters. The smallest absolute Gasteiger partial charge is 0.0780 e. The Balaban J connectivity index is 3.24. The van der Waals surface area contributed by atoms with Crippen molar-refractivity contribution in [3.05, 3.63) is 0 Å². The van der Waals surface area contributed by atoms with Crippen molar-refractivity contribution in [2.24, 2.45) is 0 Å². The van der Waals surface area contributed by atoms with Gasteiger partial charge in [0.2, 0.25) is 0 Å². The van der Waals surface area contributed by atoms with E-state index in [0.29, 0.717) is 19.6 Å². The average molecular weight is 192 g/mol. The number of ether oxygens (including phenoxy) is 2. The molecule has 0 radical (unpaired) electrons. The Morgan fingerprint density at radius 2 is 1.77 bits per heavy atom. The fourth-order valence-corrected chi connectivity index (χ4v) is 0.750. The summed E-state index contributed by atoms with van der Waals surface area (Å²) in [6.07, 6.45) is 0.532. The lowest BCUT2D eigenvalue weighted by molar-refractivity contribution is -0.0472. The summed E-state index contributed by atoms with van der Waals surface area (Å²) in [5.74, 6) is 0. The van der Waals surface area contributed by atoms with Gasteiger partial charge in [-0.2, -0.15) is 0 Å². The molecule has 2 N–H and O–H groups in total. The highest BCUT2D eigenvalue weighted by Crippen LogP contribution is 1.96. The number of hydrogen-bond donors (Lipinski definition) is 2. The van der Waals surface area contributed by atoms with Crippen LogP contribution in [-0.2, 0) is 9.47 Å². The fourth-order valence-electron chi connectivity index (χ4n) is 0.750. The van der Waals surface area contributed by atoms with Gasteiger partial charge in [-0.25, -0.2) is 0 Å². The first kappa shape index (κ1) is 12.8. The molecule has 13 heavy (non-hydrogen) atoms. The summed E-state index contributed by atoms with van der Waals surface area (Å²) in [5, 5.41) is 17.2. The zero-order valence-corrected chi connectivity index (χ0v) is 8.40. The van der Waals surface area contributed by atoms with Crippen LogP contribution in [0, 0.1) is 0 Å². The van der Waals surface area contributed by atoms with Crippen LogP contribution >= 0.6 is 0 Å². The summed E-state index contributed by atoms with van der Waals surface area (Å²) in [5.41, 5.74) is 0. The highest BCUT2D eigenvalue weighted by Gasteiger charge is 2.05. The SMILES string of the molecule is CC(CO)OCC(C)OCCCO. The molecule has 0 aliphatic carbocycles. The summed E-state index contributed by atoms with van der Waals surface area (Å²) in [4.78, 5) is 0. The van der Waals surface area contributed by atoms with Gasteiger partial charge in [-0.15, -0.1) is 0 Å². The van der Waals surface area contributed by atoms with E-state index in [-0.39, 0.29) is 25.4 Å². The standard InChI is InChI=1S/C9H20O4/c1-8(6-11)13-7-9(2)12-5-3-4-10/h8-11H,3-7H2,1-2H3. The van der Waals surface area contributed by atoms with Crippen LogP contribution in [-0.4, -0.2) is 48.8 Å². The van der Waals surface area contributed by atoms with Crippen molar-refractivity contribution in [2.45, 2.75) is 32.5 Å². The van der Waals surface area contributed by atoms with E-state index >= 15 is 0 Å². The molecule has 0 aliphatic rings. The van der Waals surface area contributed by atoms with E-state index in [1.165, 1.54) is 0 Å². The lowest BCUT2D eigenvalue weighted by Crippen LogP contribution is -2.22. The highest BCUT2D eigenvalue weighted by molar-refractivity contribution is 4.51. The lowest BCUT2D eigenvalue weighted by Gasteiger charge is -2.15. The number of hydrogen-bond acceptors (Lipinski definition) is 4. The van der Waals surface area contributed by atoms with E-state index in [4.69, 9.17) is 19.7 Å². The Labute approximate surface area is 79.5 Å². The first-order chi connectivity index (χ1) is 6.20. The summed E-state index contributed by atoms with van der Waals surface area (Å²) in [6.45, 7) is 4.92. The van der Waals surface area contributed by atoms with Gasteiger partial charge in [0.25, 0.3) is 0 Å². The minimum absolute atomic E-state index is 0.0144. The minimum Gasteiger partial charge on any atom is -0.396 e. The molecule has 0 fully saturated rings. The highest BCUT2D eigenvalue weighted by atomic mass is 16.5. The second kappa shape index (κ2) is 8.44. The van der Waals surface area contributed by atoms with Gasteiger partial charge in [0.15, 0.2) is 0 Å². The zero-order chi connectivity index (χ0) is 10.1. The van der Waals surface area contributed by atoms with Crippen molar-refractivity contribution in [3.8, 4) is 0 Å². The van der Waals surface area contributed by atoms with Crippen LogP contribution in [0.15, 0.2) is 0 Å². The molecule has 0 amide bonds. The van der Waals surface area contributed by atoms with Gasteiger partial charge in [0.05, 0.1) is 25.4 Å². The number of aliphatic hydroxyl groups is 2. The van der Waals surface area contributed by atoms with Crippen molar-refractivity contribution in [1.82, 2.24) is 0 Å². The topological polar surface area (TPSA) is 58.9 Å². The van der Waals surface area contributed by atoms with E-state index in [1.807, 2.05) is 6.92 Å². The average Bonchev–Trinajstić information content (AvgIpc) is 2.14. The Morgan fingerprint density at radius 1 is 1.08 bits per heavy atom. The van der Waals surface area contributed by atoms with E-state index in [9.17, 15) is 0 Å². The third-order valence-electron chi connectivity index (χ3n) is 1.58. The van der Waals surface area contributed by atoms with Crippen LogP contribution in [0.5, 0.6) is 0 Å². The molecule has 0 rings (SSSR count). The first-order valence-corrected chi connectivity index (χ1v) is 4.65. The maximum Gasteiger partial charge on any atom is 0.0780 e. The molecule has 4 nitrogen and oxygen atoms in total. The second-order valence-electron chi connectivity index (χ2n) is 3.09. The van der Waals surface area contributed by atoms with E-state index < -0.39 is 0 Å². The van der Waals surface area contributed by atoms with Crippen molar-refractivity contribution in [3.63, 3.8) is 0 Å². The summed E-state index contributed by atoms with van der Waals surface area (Å²) in [6, 6.07) is 0. The third kappa shape index (κ3) is 8.18. The van der Waals surface area contributed by atoms with Crippen molar-refractivity contribution in [1.29, 1.82) is 0 Å². The van der Waals surface area contributed by atoms with E-state index in [1.54, 1.807) is 6.92 Å². The molecule has 0 heterocycles. The Morgan fingerprint density at radius 3 is 2.31 bits per heavy atom. The zero-order valence-electron chi connectivity index (χ0n) is 8.40. The molecule has 0 aromatic rings. The van der Waals surface area contributed by atoms with Crippen LogP contribution in [0.4, 0.5) is 0 Å². The molecular weight excluding hydrogens is 172 g/mol. The van der Waals surface area contributed by atoms with Gasteiger partial charge in [-0.05, 0) is 20.3 Å².